The summed E-state index contributed by atoms with van der Waals surface area (Å²) in [4.78, 5) is 20.3. The minimum Gasteiger partial charge on any atom is -0.444 e. The Labute approximate surface area is 150 Å². The highest BCUT2D eigenvalue weighted by molar-refractivity contribution is 6.29. The Morgan fingerprint density at radius 2 is 2.16 bits per heavy atom. The predicted octanol–water partition coefficient (Wildman–Crippen LogP) is 3.49. The molecule has 1 N–H and O–H groups in total. The summed E-state index contributed by atoms with van der Waals surface area (Å²) in [7, 11) is 0. The second-order valence-corrected chi connectivity index (χ2v) is 6.87. The van der Waals surface area contributed by atoms with Gasteiger partial charge in [0.1, 0.15) is 10.8 Å². The van der Waals surface area contributed by atoms with Gasteiger partial charge >= 0.3 is 6.09 Å². The third kappa shape index (κ3) is 4.45. The molecule has 0 atom stereocenters. The van der Waals surface area contributed by atoms with E-state index in [4.69, 9.17) is 16.3 Å². The molecule has 25 heavy (non-hydrogen) atoms. The lowest BCUT2D eigenvalue weighted by molar-refractivity contribution is 0.0523. The van der Waals surface area contributed by atoms with Crippen LogP contribution in [-0.2, 0) is 11.3 Å². The van der Waals surface area contributed by atoms with Gasteiger partial charge in [-0.15, -0.1) is 0 Å². The first kappa shape index (κ1) is 17.2. The third-order valence-electron chi connectivity index (χ3n) is 3.19. The Morgan fingerprint density at radius 3 is 2.88 bits per heavy atom. The lowest BCUT2D eigenvalue weighted by Gasteiger charge is -2.19. The van der Waals surface area contributed by atoms with E-state index in [2.05, 4.69) is 20.4 Å². The van der Waals surface area contributed by atoms with Gasteiger partial charge in [-0.2, -0.15) is 5.10 Å². The van der Waals surface area contributed by atoms with Crippen LogP contribution in [0, 0.1) is 0 Å². The van der Waals surface area contributed by atoms with E-state index in [0.717, 1.165) is 10.9 Å². The van der Waals surface area contributed by atoms with Crippen LogP contribution in [0.1, 0.15) is 26.5 Å². The molecule has 0 saturated carbocycles. The smallest absolute Gasteiger partial charge is 0.407 e. The molecule has 3 heterocycles. The maximum Gasteiger partial charge on any atom is 0.407 e. The van der Waals surface area contributed by atoms with Crippen molar-refractivity contribution in [1.29, 1.82) is 0 Å². The highest BCUT2D eigenvalue weighted by Gasteiger charge is 2.16. The minimum atomic E-state index is -0.538. The number of rotatable bonds is 3. The first-order valence-corrected chi connectivity index (χ1v) is 8.12. The highest BCUT2D eigenvalue weighted by Crippen LogP contribution is 2.16. The second-order valence-electron chi connectivity index (χ2n) is 6.48. The third-order valence-corrected chi connectivity index (χ3v) is 3.40. The number of ether oxygens (including phenoxy) is 1. The molecule has 0 aliphatic heterocycles. The molecule has 0 fully saturated rings. The molecule has 1 amide bonds. The number of carbonyl (C=O) groups excluding carboxylic acids is 1. The normalized spacial score (nSPS) is 11.5. The molecule has 7 nitrogen and oxygen atoms in total. The van der Waals surface area contributed by atoms with Crippen LogP contribution in [0.3, 0.4) is 0 Å². The van der Waals surface area contributed by atoms with Gasteiger partial charge in [0.05, 0.1) is 17.8 Å². The van der Waals surface area contributed by atoms with E-state index < -0.39 is 11.7 Å². The van der Waals surface area contributed by atoms with Gasteiger partial charge in [-0.1, -0.05) is 17.7 Å². The number of hydrogen-bond acceptors (Lipinski definition) is 5. The number of nitrogens with zero attached hydrogens (tertiary/aromatic N) is 4. The molecule has 0 aromatic carbocycles. The van der Waals surface area contributed by atoms with Crippen LogP contribution in [0.4, 0.5) is 4.79 Å². The standard InChI is InChI=1S/C17H18ClN5O2/c1-17(2,3)25-16(24)20-9-12-7-13-11(8-19-12)10-23(22-13)15-6-4-5-14(18)21-15/h4-8,10H,9H2,1-3H3,(H,20,24). The molecule has 0 unspecified atom stereocenters. The summed E-state index contributed by atoms with van der Waals surface area (Å²) >= 11 is 5.92. The first-order valence-electron chi connectivity index (χ1n) is 7.74. The summed E-state index contributed by atoms with van der Waals surface area (Å²) in [5.41, 5.74) is 0.893. The average molecular weight is 360 g/mol. The molecule has 0 bridgehead atoms. The lowest BCUT2D eigenvalue weighted by Crippen LogP contribution is -2.32. The molecule has 0 saturated heterocycles. The molecule has 3 aromatic heterocycles. The van der Waals surface area contributed by atoms with Crippen LogP contribution in [0.5, 0.6) is 0 Å². The van der Waals surface area contributed by atoms with Gasteiger partial charge in [0.2, 0.25) is 0 Å². The van der Waals surface area contributed by atoms with Crippen molar-refractivity contribution in [1.82, 2.24) is 25.1 Å². The monoisotopic (exact) mass is 359 g/mol. The Balaban J connectivity index is 1.75. The SMILES string of the molecule is CC(C)(C)OC(=O)NCc1cc2nn(-c3cccc(Cl)n3)cc2cn1. The fourth-order valence-corrected chi connectivity index (χ4v) is 2.34. The molecule has 3 rings (SSSR count). The van der Waals surface area contributed by atoms with Crippen LogP contribution in [0.15, 0.2) is 36.7 Å². The first-order chi connectivity index (χ1) is 11.8. The number of aromatic nitrogens is 4. The second kappa shape index (κ2) is 6.68. The van der Waals surface area contributed by atoms with E-state index >= 15 is 0 Å². The van der Waals surface area contributed by atoms with Gasteiger partial charge in [-0.3, -0.25) is 4.98 Å². The largest absolute Gasteiger partial charge is 0.444 e. The molecule has 0 aliphatic rings. The van der Waals surface area contributed by atoms with Crippen molar-refractivity contribution >= 4 is 28.6 Å². The topological polar surface area (TPSA) is 81.9 Å². The zero-order valence-corrected chi connectivity index (χ0v) is 14.9. The summed E-state index contributed by atoms with van der Waals surface area (Å²) in [6.07, 6.45) is 3.05. The van der Waals surface area contributed by atoms with E-state index in [9.17, 15) is 4.79 Å². The number of halogens is 1. The van der Waals surface area contributed by atoms with Gasteiger partial charge < -0.3 is 10.1 Å². The van der Waals surface area contributed by atoms with E-state index in [1.54, 1.807) is 16.9 Å². The molecular formula is C17H18ClN5O2. The van der Waals surface area contributed by atoms with Gasteiger partial charge in [0.25, 0.3) is 0 Å². The van der Waals surface area contributed by atoms with Crippen molar-refractivity contribution < 1.29 is 9.53 Å². The molecule has 130 valence electrons. The zero-order chi connectivity index (χ0) is 18.0. The summed E-state index contributed by atoms with van der Waals surface area (Å²) < 4.78 is 6.84. The van der Waals surface area contributed by atoms with Crippen molar-refractivity contribution in [3.05, 3.63) is 47.5 Å². The van der Waals surface area contributed by atoms with Crippen molar-refractivity contribution in [2.24, 2.45) is 0 Å². The quantitative estimate of drug-likeness (QED) is 0.724. The average Bonchev–Trinajstić information content (AvgIpc) is 2.94. The maximum atomic E-state index is 11.7. The van der Waals surface area contributed by atoms with Crippen LogP contribution < -0.4 is 5.32 Å². The van der Waals surface area contributed by atoms with Crippen molar-refractivity contribution in [3.63, 3.8) is 0 Å². The Morgan fingerprint density at radius 1 is 1.36 bits per heavy atom. The van der Waals surface area contributed by atoms with Gasteiger partial charge in [-0.25, -0.2) is 14.5 Å². The van der Waals surface area contributed by atoms with Gasteiger partial charge in [0, 0.05) is 17.8 Å². The predicted molar refractivity (Wildman–Crippen MR) is 94.7 cm³/mol. The number of nitrogens with one attached hydrogen (secondary N) is 1. The molecule has 8 heteroatoms. The Bertz CT molecular complexity index is 917. The fourth-order valence-electron chi connectivity index (χ4n) is 2.18. The van der Waals surface area contributed by atoms with Crippen LogP contribution in [-0.4, -0.2) is 31.4 Å². The van der Waals surface area contributed by atoms with Crippen LogP contribution in [0.2, 0.25) is 5.15 Å². The minimum absolute atomic E-state index is 0.257. The van der Waals surface area contributed by atoms with Crippen molar-refractivity contribution in [2.75, 3.05) is 0 Å². The molecule has 0 spiro atoms. The highest BCUT2D eigenvalue weighted by atomic mass is 35.5. The number of alkyl carbamates (subject to hydrolysis) is 1. The molecular weight excluding hydrogens is 342 g/mol. The number of amides is 1. The number of fused-ring (bicyclic) bond motifs is 1. The maximum absolute atomic E-state index is 11.7. The summed E-state index contributed by atoms with van der Waals surface area (Å²) in [6, 6.07) is 7.14. The van der Waals surface area contributed by atoms with Crippen molar-refractivity contribution in [3.8, 4) is 5.82 Å². The number of hydrogen-bond donors (Lipinski definition) is 1. The Hall–Kier alpha value is -2.67. The van der Waals surface area contributed by atoms with Gasteiger partial charge in [0.15, 0.2) is 5.82 Å². The van der Waals surface area contributed by atoms with E-state index in [0.29, 0.717) is 16.7 Å². The van der Waals surface area contributed by atoms with E-state index in [1.165, 1.54) is 0 Å². The molecule has 3 aromatic rings. The lowest BCUT2D eigenvalue weighted by atomic mass is 10.2. The number of pyridine rings is 2. The molecule has 0 aliphatic carbocycles. The van der Waals surface area contributed by atoms with E-state index in [1.807, 2.05) is 45.2 Å². The molecule has 0 radical (unpaired) electrons. The van der Waals surface area contributed by atoms with Crippen LogP contribution in [0.25, 0.3) is 16.7 Å². The summed E-state index contributed by atoms with van der Waals surface area (Å²) in [5, 5.41) is 8.43. The zero-order valence-electron chi connectivity index (χ0n) is 14.2. The van der Waals surface area contributed by atoms with Gasteiger partial charge in [-0.05, 0) is 39.0 Å². The Kier molecular flexibility index (Phi) is 4.59. The van der Waals surface area contributed by atoms with E-state index in [-0.39, 0.29) is 6.54 Å². The summed E-state index contributed by atoms with van der Waals surface area (Å²) in [5.74, 6) is 0.622. The van der Waals surface area contributed by atoms with Crippen molar-refractivity contribution in [2.45, 2.75) is 32.9 Å². The van der Waals surface area contributed by atoms with Crippen LogP contribution >= 0.6 is 11.6 Å². The fraction of sp³-hybridized carbons (Fsp3) is 0.294. The number of carbonyl (C=O) groups is 1. The summed E-state index contributed by atoms with van der Waals surface area (Å²) in [6.45, 7) is 5.70.